The summed E-state index contributed by atoms with van der Waals surface area (Å²) in [6.45, 7) is 1.88. The van der Waals surface area contributed by atoms with Crippen molar-refractivity contribution in [2.24, 2.45) is 5.73 Å². The van der Waals surface area contributed by atoms with Gasteiger partial charge in [-0.25, -0.2) is 4.79 Å². The number of pyridine rings is 1. The number of carbonyl (C=O) groups is 2. The van der Waals surface area contributed by atoms with Crippen LogP contribution in [0.4, 0.5) is 0 Å². The number of rotatable bonds is 13. The molecule has 0 unspecified atom stereocenters. The average Bonchev–Trinajstić information content (AvgIpc) is 3.07. The summed E-state index contributed by atoms with van der Waals surface area (Å²) in [6, 6.07) is 34.3. The number of carboxylic acids is 1. The van der Waals surface area contributed by atoms with Gasteiger partial charge in [-0.15, -0.1) is 0 Å². The van der Waals surface area contributed by atoms with Crippen LogP contribution in [0, 0.1) is 0 Å². The summed E-state index contributed by atoms with van der Waals surface area (Å²) >= 11 is 0. The van der Waals surface area contributed by atoms with E-state index < -0.39 is 5.97 Å². The van der Waals surface area contributed by atoms with Crippen LogP contribution < -0.4 is 15.2 Å². The average molecular weight is 593 g/mol. The molecule has 1 aromatic heterocycles. The lowest BCUT2D eigenvalue weighted by Crippen LogP contribution is -2.07. The van der Waals surface area contributed by atoms with Crippen LogP contribution in [0.5, 0.6) is 11.5 Å². The number of aliphatic carboxylic acids is 1. The molecule has 5 aromatic rings. The van der Waals surface area contributed by atoms with Crippen molar-refractivity contribution in [3.8, 4) is 11.5 Å². The fourth-order valence-electron chi connectivity index (χ4n) is 4.21. The van der Waals surface area contributed by atoms with Gasteiger partial charge in [-0.3, -0.25) is 9.78 Å². The highest BCUT2D eigenvalue weighted by Gasteiger charge is 2.13. The number of fused-ring (bicyclic) bond motifs is 1. The normalized spacial score (nSPS) is 10.4. The molecule has 0 aliphatic carbocycles. The van der Waals surface area contributed by atoms with Crippen LogP contribution in [0.1, 0.15) is 39.9 Å². The van der Waals surface area contributed by atoms with E-state index in [1.165, 1.54) is 0 Å². The molecule has 5 rings (SSSR count). The summed E-state index contributed by atoms with van der Waals surface area (Å²) in [5, 5.41) is 9.33. The maximum atomic E-state index is 12.5. The second-order valence-corrected chi connectivity index (χ2v) is 9.90. The minimum absolute atomic E-state index is 0.157. The Kier molecular flexibility index (Phi) is 12.3. The lowest BCUT2D eigenvalue weighted by atomic mass is 10.1. The predicted octanol–water partition coefficient (Wildman–Crippen LogP) is 6.60. The molecule has 0 saturated heterocycles. The van der Waals surface area contributed by atoms with E-state index >= 15 is 0 Å². The van der Waals surface area contributed by atoms with Crippen LogP contribution in [0.2, 0.25) is 0 Å². The molecule has 0 radical (unpaired) electrons. The van der Waals surface area contributed by atoms with E-state index in [1.807, 2.05) is 103 Å². The third-order valence-electron chi connectivity index (χ3n) is 6.56. The predicted molar refractivity (Wildman–Crippen MR) is 170 cm³/mol. The van der Waals surface area contributed by atoms with Gasteiger partial charge in [0.15, 0.2) is 0 Å². The Morgan fingerprint density at radius 2 is 1.39 bits per heavy atom. The summed E-state index contributed by atoms with van der Waals surface area (Å²) < 4.78 is 16.8. The van der Waals surface area contributed by atoms with Gasteiger partial charge in [-0.1, -0.05) is 72.8 Å². The Morgan fingerprint density at radius 1 is 0.727 bits per heavy atom. The van der Waals surface area contributed by atoms with Crippen LogP contribution in [-0.4, -0.2) is 35.2 Å². The maximum Gasteiger partial charge on any atom is 0.339 e. The quantitative estimate of drug-likeness (QED) is 0.116. The SMILES string of the molecule is NCCCOc1ccc2nccc(C(=O)OCc3ccccc3)c2c1.O=C(O)CCc1ccc(OCc2ccccc2)cc1. The second kappa shape index (κ2) is 17.0. The van der Waals surface area contributed by atoms with Crippen molar-refractivity contribution < 1.29 is 28.9 Å². The minimum atomic E-state index is -0.774. The van der Waals surface area contributed by atoms with Crippen LogP contribution in [0.25, 0.3) is 10.9 Å². The Morgan fingerprint density at radius 3 is 2.05 bits per heavy atom. The molecule has 226 valence electrons. The fraction of sp³-hybridized carbons (Fsp3) is 0.194. The monoisotopic (exact) mass is 592 g/mol. The first-order valence-corrected chi connectivity index (χ1v) is 14.4. The van der Waals surface area contributed by atoms with Gasteiger partial charge in [0.1, 0.15) is 24.7 Å². The number of benzene rings is 4. The summed E-state index contributed by atoms with van der Waals surface area (Å²) in [5.41, 5.74) is 9.75. The van der Waals surface area contributed by atoms with Crippen LogP contribution in [-0.2, 0) is 29.2 Å². The number of nitrogens with two attached hydrogens (primary N) is 1. The first-order valence-electron chi connectivity index (χ1n) is 14.4. The minimum Gasteiger partial charge on any atom is -0.494 e. The summed E-state index contributed by atoms with van der Waals surface area (Å²) in [6.07, 6.45) is 3.09. The molecule has 0 aliphatic rings. The van der Waals surface area contributed by atoms with Crippen molar-refractivity contribution in [1.29, 1.82) is 0 Å². The van der Waals surface area contributed by atoms with E-state index in [1.54, 1.807) is 12.3 Å². The highest BCUT2D eigenvalue weighted by atomic mass is 16.5. The molecule has 44 heavy (non-hydrogen) atoms. The maximum absolute atomic E-state index is 12.5. The number of aromatic nitrogens is 1. The summed E-state index contributed by atoms with van der Waals surface area (Å²) in [5.74, 6) is 0.328. The zero-order valence-electron chi connectivity index (χ0n) is 24.4. The van der Waals surface area contributed by atoms with E-state index in [0.717, 1.165) is 34.4 Å². The van der Waals surface area contributed by atoms with Crippen molar-refractivity contribution in [1.82, 2.24) is 4.98 Å². The molecule has 0 amide bonds. The third kappa shape index (κ3) is 10.3. The number of nitrogens with zero attached hydrogens (tertiary/aromatic N) is 1. The van der Waals surface area contributed by atoms with Gasteiger partial charge in [0.2, 0.25) is 0 Å². The molecule has 3 N–H and O–H groups in total. The fourth-order valence-corrected chi connectivity index (χ4v) is 4.21. The lowest BCUT2D eigenvalue weighted by Gasteiger charge is -2.10. The van der Waals surface area contributed by atoms with Crippen LogP contribution in [0.15, 0.2) is 115 Å². The van der Waals surface area contributed by atoms with Gasteiger partial charge in [-0.2, -0.15) is 0 Å². The highest BCUT2D eigenvalue weighted by molar-refractivity contribution is 6.03. The van der Waals surface area contributed by atoms with E-state index in [2.05, 4.69) is 4.98 Å². The molecule has 8 heteroatoms. The van der Waals surface area contributed by atoms with Gasteiger partial charge < -0.3 is 25.1 Å². The number of carboxylic acid groups (broad SMARTS) is 1. The van der Waals surface area contributed by atoms with Crippen LogP contribution >= 0.6 is 0 Å². The number of esters is 1. The molecular weight excluding hydrogens is 556 g/mol. The van der Waals surface area contributed by atoms with Crippen molar-refractivity contribution in [3.63, 3.8) is 0 Å². The topological polar surface area (TPSA) is 121 Å². The molecule has 0 bridgehead atoms. The third-order valence-corrected chi connectivity index (χ3v) is 6.56. The molecule has 4 aromatic carbocycles. The number of aryl methyl sites for hydroxylation is 1. The smallest absolute Gasteiger partial charge is 0.339 e. The van der Waals surface area contributed by atoms with Crippen molar-refractivity contribution >= 4 is 22.8 Å². The van der Waals surface area contributed by atoms with Crippen LogP contribution in [0.3, 0.4) is 0 Å². The van der Waals surface area contributed by atoms with Crippen molar-refractivity contribution in [2.45, 2.75) is 32.5 Å². The Hall–Kier alpha value is -5.21. The Bertz CT molecular complexity index is 1610. The molecule has 0 fully saturated rings. The first-order chi connectivity index (χ1) is 21.5. The molecule has 0 spiro atoms. The van der Waals surface area contributed by atoms with Crippen molar-refractivity contribution in [3.05, 3.63) is 138 Å². The van der Waals surface area contributed by atoms with E-state index in [0.29, 0.717) is 42.9 Å². The number of carbonyl (C=O) groups excluding carboxylic acids is 1. The molecular formula is C36H36N2O6. The molecule has 0 aliphatic heterocycles. The van der Waals surface area contributed by atoms with Gasteiger partial charge in [0.05, 0.1) is 17.7 Å². The molecule has 0 atom stereocenters. The van der Waals surface area contributed by atoms with Crippen molar-refractivity contribution in [2.75, 3.05) is 13.2 Å². The zero-order valence-corrected chi connectivity index (χ0v) is 24.4. The molecule has 1 heterocycles. The number of hydrogen-bond donors (Lipinski definition) is 2. The summed E-state index contributed by atoms with van der Waals surface area (Å²) in [7, 11) is 0. The van der Waals surface area contributed by atoms with E-state index in [9.17, 15) is 9.59 Å². The summed E-state index contributed by atoms with van der Waals surface area (Å²) in [4.78, 5) is 27.3. The largest absolute Gasteiger partial charge is 0.494 e. The van der Waals surface area contributed by atoms with Gasteiger partial charge in [-0.05, 0) is 72.5 Å². The van der Waals surface area contributed by atoms with Gasteiger partial charge in [0, 0.05) is 18.0 Å². The second-order valence-electron chi connectivity index (χ2n) is 9.90. The lowest BCUT2D eigenvalue weighted by molar-refractivity contribution is -0.136. The van der Waals surface area contributed by atoms with E-state index in [4.69, 9.17) is 25.1 Å². The Balaban J connectivity index is 0.000000209. The molecule has 8 nitrogen and oxygen atoms in total. The Labute approximate surface area is 257 Å². The number of ether oxygens (including phenoxy) is 3. The molecule has 0 saturated carbocycles. The van der Waals surface area contributed by atoms with E-state index in [-0.39, 0.29) is 19.0 Å². The zero-order chi connectivity index (χ0) is 31.0. The highest BCUT2D eigenvalue weighted by Crippen LogP contribution is 2.24. The van der Waals surface area contributed by atoms with Gasteiger partial charge >= 0.3 is 11.9 Å². The standard InChI is InChI=1S/C20H20N2O3.C16H16O3/c21-10-4-12-24-16-7-8-19-18(13-16)17(9-11-22-19)20(23)25-14-15-5-2-1-3-6-15;17-16(18)11-8-13-6-9-15(10-7-13)19-12-14-4-2-1-3-5-14/h1-3,5-9,11,13H,4,10,12,14,21H2;1-7,9-10H,8,11-12H2,(H,17,18). The first kappa shape index (κ1) is 31.7. The van der Waals surface area contributed by atoms with Gasteiger partial charge in [0.25, 0.3) is 0 Å². The number of hydrogen-bond acceptors (Lipinski definition) is 7.